The van der Waals surface area contributed by atoms with Crippen LogP contribution in [0.15, 0.2) is 18.2 Å². The zero-order valence-electron chi connectivity index (χ0n) is 12.7. The minimum Gasteiger partial charge on any atom is -0.325 e. The number of amides is 1. The number of anilines is 1. The van der Waals surface area contributed by atoms with Gasteiger partial charge in [0.1, 0.15) is 0 Å². The maximum Gasteiger partial charge on any atom is 0.238 e. The summed E-state index contributed by atoms with van der Waals surface area (Å²) in [4.78, 5) is 14.0. The highest BCUT2D eigenvalue weighted by atomic mass is 16.1. The second-order valence-corrected chi connectivity index (χ2v) is 6.01. The molecule has 0 bridgehead atoms. The van der Waals surface area contributed by atoms with Crippen molar-refractivity contribution in [1.29, 1.82) is 0 Å². The SMILES string of the molecule is Cc1ccc(CN(C)C)cc1NC(=O)CNCC1CC1. The van der Waals surface area contributed by atoms with Gasteiger partial charge in [-0.3, -0.25) is 4.79 Å². The van der Waals surface area contributed by atoms with E-state index < -0.39 is 0 Å². The van der Waals surface area contributed by atoms with Gasteiger partial charge >= 0.3 is 0 Å². The Morgan fingerprint density at radius 3 is 2.75 bits per heavy atom. The smallest absolute Gasteiger partial charge is 0.238 e. The zero-order valence-corrected chi connectivity index (χ0v) is 12.7. The average Bonchev–Trinajstić information content (AvgIpc) is 3.17. The van der Waals surface area contributed by atoms with Crippen molar-refractivity contribution in [3.8, 4) is 0 Å². The fraction of sp³-hybridized carbons (Fsp3) is 0.562. The number of aryl methyl sites for hydroxylation is 1. The molecule has 1 aliphatic rings. The van der Waals surface area contributed by atoms with Gasteiger partial charge in [-0.2, -0.15) is 0 Å². The molecule has 0 unspecified atom stereocenters. The fourth-order valence-electron chi connectivity index (χ4n) is 2.17. The predicted octanol–water partition coefficient (Wildman–Crippen LogP) is 1.99. The lowest BCUT2D eigenvalue weighted by Gasteiger charge is -2.14. The second kappa shape index (κ2) is 6.86. The summed E-state index contributed by atoms with van der Waals surface area (Å²) >= 11 is 0. The van der Waals surface area contributed by atoms with E-state index in [1.807, 2.05) is 21.0 Å². The van der Waals surface area contributed by atoms with Crippen LogP contribution in [0.3, 0.4) is 0 Å². The van der Waals surface area contributed by atoms with Crippen molar-refractivity contribution >= 4 is 11.6 Å². The molecule has 2 rings (SSSR count). The Labute approximate surface area is 121 Å². The van der Waals surface area contributed by atoms with E-state index in [1.165, 1.54) is 18.4 Å². The number of carbonyl (C=O) groups is 1. The Morgan fingerprint density at radius 2 is 2.10 bits per heavy atom. The van der Waals surface area contributed by atoms with Crippen LogP contribution in [0.1, 0.15) is 24.0 Å². The quantitative estimate of drug-likeness (QED) is 0.800. The molecular formula is C16H25N3O. The molecule has 110 valence electrons. The van der Waals surface area contributed by atoms with E-state index in [-0.39, 0.29) is 5.91 Å². The summed E-state index contributed by atoms with van der Waals surface area (Å²) in [5.41, 5.74) is 3.23. The largest absolute Gasteiger partial charge is 0.325 e. The number of rotatable bonds is 7. The number of hydrogen-bond acceptors (Lipinski definition) is 3. The number of nitrogens with one attached hydrogen (secondary N) is 2. The molecule has 4 nitrogen and oxygen atoms in total. The van der Waals surface area contributed by atoms with Crippen molar-refractivity contribution in [1.82, 2.24) is 10.2 Å². The molecule has 1 fully saturated rings. The minimum atomic E-state index is 0.0377. The molecule has 0 spiro atoms. The molecule has 0 atom stereocenters. The third-order valence-electron chi connectivity index (χ3n) is 3.49. The summed E-state index contributed by atoms with van der Waals surface area (Å²) < 4.78 is 0. The van der Waals surface area contributed by atoms with Gasteiger partial charge in [0.15, 0.2) is 0 Å². The van der Waals surface area contributed by atoms with E-state index >= 15 is 0 Å². The van der Waals surface area contributed by atoms with E-state index in [2.05, 4.69) is 33.7 Å². The Balaban J connectivity index is 1.87. The van der Waals surface area contributed by atoms with Gasteiger partial charge < -0.3 is 15.5 Å². The van der Waals surface area contributed by atoms with Crippen LogP contribution in [-0.4, -0.2) is 38.0 Å². The first-order valence-electron chi connectivity index (χ1n) is 7.29. The third-order valence-corrected chi connectivity index (χ3v) is 3.49. The number of benzene rings is 1. The molecule has 2 N–H and O–H groups in total. The number of nitrogens with zero attached hydrogens (tertiary/aromatic N) is 1. The highest BCUT2D eigenvalue weighted by Crippen LogP contribution is 2.27. The summed E-state index contributed by atoms with van der Waals surface area (Å²) in [6, 6.07) is 6.23. The fourth-order valence-corrected chi connectivity index (χ4v) is 2.17. The standard InChI is InChI=1S/C16H25N3O/c1-12-4-5-14(11-19(2)3)8-15(12)18-16(20)10-17-9-13-6-7-13/h4-5,8,13,17H,6-7,9-11H2,1-3H3,(H,18,20). The first-order valence-corrected chi connectivity index (χ1v) is 7.29. The molecule has 20 heavy (non-hydrogen) atoms. The maximum atomic E-state index is 11.9. The van der Waals surface area contributed by atoms with Crippen molar-refractivity contribution in [3.05, 3.63) is 29.3 Å². The molecule has 0 radical (unpaired) electrons. The van der Waals surface area contributed by atoms with Crippen LogP contribution < -0.4 is 10.6 Å². The van der Waals surface area contributed by atoms with E-state index in [1.54, 1.807) is 0 Å². The normalized spacial score (nSPS) is 14.6. The Kier molecular flexibility index (Phi) is 5.15. The molecular weight excluding hydrogens is 250 g/mol. The van der Waals surface area contributed by atoms with Crippen LogP contribution in [0.4, 0.5) is 5.69 Å². The zero-order chi connectivity index (χ0) is 14.5. The van der Waals surface area contributed by atoms with Crippen LogP contribution >= 0.6 is 0 Å². The third kappa shape index (κ3) is 4.94. The van der Waals surface area contributed by atoms with Crippen LogP contribution in [0.5, 0.6) is 0 Å². The lowest BCUT2D eigenvalue weighted by molar-refractivity contribution is -0.115. The monoisotopic (exact) mass is 275 g/mol. The summed E-state index contributed by atoms with van der Waals surface area (Å²) in [6.45, 7) is 4.26. The first-order chi connectivity index (χ1) is 9.54. The van der Waals surface area contributed by atoms with Crippen LogP contribution in [0, 0.1) is 12.8 Å². The van der Waals surface area contributed by atoms with Gasteiger partial charge in [-0.05, 0) is 63.5 Å². The van der Waals surface area contributed by atoms with Gasteiger partial charge in [0, 0.05) is 12.2 Å². The van der Waals surface area contributed by atoms with Crippen molar-refractivity contribution < 1.29 is 4.79 Å². The summed E-state index contributed by atoms with van der Waals surface area (Å²) in [7, 11) is 4.08. The number of carbonyl (C=O) groups excluding carboxylic acids is 1. The lowest BCUT2D eigenvalue weighted by Crippen LogP contribution is -2.29. The molecule has 0 aromatic heterocycles. The van der Waals surface area contributed by atoms with Gasteiger partial charge in [0.2, 0.25) is 5.91 Å². The Morgan fingerprint density at radius 1 is 1.35 bits per heavy atom. The van der Waals surface area contributed by atoms with Crippen LogP contribution in [0.2, 0.25) is 0 Å². The van der Waals surface area contributed by atoms with E-state index in [0.717, 1.165) is 30.3 Å². The minimum absolute atomic E-state index is 0.0377. The number of hydrogen-bond donors (Lipinski definition) is 2. The van der Waals surface area contributed by atoms with Gasteiger partial charge in [0.25, 0.3) is 0 Å². The highest BCUT2D eigenvalue weighted by molar-refractivity contribution is 5.93. The molecule has 1 aromatic rings. The molecule has 0 saturated heterocycles. The summed E-state index contributed by atoms with van der Waals surface area (Å²) in [6.07, 6.45) is 2.61. The lowest BCUT2D eigenvalue weighted by atomic mass is 10.1. The van der Waals surface area contributed by atoms with Gasteiger partial charge in [0.05, 0.1) is 6.54 Å². The molecule has 1 aromatic carbocycles. The van der Waals surface area contributed by atoms with Crippen LogP contribution in [-0.2, 0) is 11.3 Å². The molecule has 0 heterocycles. The first kappa shape index (κ1) is 15.0. The molecule has 1 saturated carbocycles. The van der Waals surface area contributed by atoms with E-state index in [4.69, 9.17) is 0 Å². The van der Waals surface area contributed by atoms with Crippen LogP contribution in [0.25, 0.3) is 0 Å². The molecule has 1 aliphatic carbocycles. The van der Waals surface area contributed by atoms with Gasteiger partial charge in [-0.25, -0.2) is 0 Å². The van der Waals surface area contributed by atoms with Crippen molar-refractivity contribution in [2.24, 2.45) is 5.92 Å². The summed E-state index contributed by atoms with van der Waals surface area (Å²) in [5.74, 6) is 0.837. The molecule has 0 aliphatic heterocycles. The van der Waals surface area contributed by atoms with Crippen molar-refractivity contribution in [2.75, 3.05) is 32.5 Å². The topological polar surface area (TPSA) is 44.4 Å². The predicted molar refractivity (Wildman–Crippen MR) is 82.8 cm³/mol. The Hall–Kier alpha value is -1.39. The highest BCUT2D eigenvalue weighted by Gasteiger charge is 2.20. The van der Waals surface area contributed by atoms with Gasteiger partial charge in [-0.15, -0.1) is 0 Å². The van der Waals surface area contributed by atoms with Crippen molar-refractivity contribution in [3.63, 3.8) is 0 Å². The average molecular weight is 275 g/mol. The van der Waals surface area contributed by atoms with Crippen molar-refractivity contribution in [2.45, 2.75) is 26.3 Å². The maximum absolute atomic E-state index is 11.9. The Bertz CT molecular complexity index is 467. The van der Waals surface area contributed by atoms with E-state index in [0.29, 0.717) is 6.54 Å². The summed E-state index contributed by atoms with van der Waals surface area (Å²) in [5, 5.41) is 6.21. The molecule has 1 amide bonds. The van der Waals surface area contributed by atoms with Gasteiger partial charge in [-0.1, -0.05) is 12.1 Å². The molecule has 4 heteroatoms. The second-order valence-electron chi connectivity index (χ2n) is 6.01. The van der Waals surface area contributed by atoms with E-state index in [9.17, 15) is 4.79 Å².